The molecule has 0 radical (unpaired) electrons. The van der Waals surface area contributed by atoms with Crippen LogP contribution in [0.2, 0.25) is 5.02 Å². The number of carbonyl (C=O) groups excluding carboxylic acids is 2. The topological polar surface area (TPSA) is 55.4 Å². The zero-order valence-corrected chi connectivity index (χ0v) is 13.4. The lowest BCUT2D eigenvalue weighted by Crippen LogP contribution is -2.15. The van der Waals surface area contributed by atoms with E-state index in [-0.39, 0.29) is 24.7 Å². The first-order valence-corrected chi connectivity index (χ1v) is 7.76. The van der Waals surface area contributed by atoms with Crippen molar-refractivity contribution in [3.63, 3.8) is 0 Å². The molecule has 1 N–H and O–H groups in total. The largest absolute Gasteiger partial charge is 0.465 e. The molecule has 0 saturated carbocycles. The van der Waals surface area contributed by atoms with Gasteiger partial charge in [0.25, 0.3) is 0 Å². The summed E-state index contributed by atoms with van der Waals surface area (Å²) in [5, 5.41) is 3.30. The van der Waals surface area contributed by atoms with Gasteiger partial charge in [0.2, 0.25) is 5.91 Å². The first-order valence-electron chi connectivity index (χ1n) is 7.38. The van der Waals surface area contributed by atoms with Crippen LogP contribution in [0.15, 0.2) is 54.6 Å². The number of nitrogens with one attached hydrogen (secondary N) is 1. The molecule has 0 aromatic heterocycles. The highest BCUT2D eigenvalue weighted by Gasteiger charge is 2.08. The lowest BCUT2D eigenvalue weighted by atomic mass is 10.2. The van der Waals surface area contributed by atoms with Crippen LogP contribution in [-0.4, -0.2) is 18.5 Å². The summed E-state index contributed by atoms with van der Waals surface area (Å²) in [4.78, 5) is 23.4. The Morgan fingerprint density at radius 2 is 1.65 bits per heavy atom. The zero-order chi connectivity index (χ0) is 16.5. The van der Waals surface area contributed by atoms with Gasteiger partial charge in [-0.05, 0) is 29.8 Å². The summed E-state index contributed by atoms with van der Waals surface area (Å²) in [5.74, 6) is -0.598. The molecule has 0 spiro atoms. The molecule has 5 heteroatoms. The van der Waals surface area contributed by atoms with Crippen LogP contribution in [0.4, 0.5) is 5.69 Å². The predicted octanol–water partition coefficient (Wildman–Crippen LogP) is 3.84. The molecule has 23 heavy (non-hydrogen) atoms. The summed E-state index contributed by atoms with van der Waals surface area (Å²) >= 11 is 5.77. The van der Waals surface area contributed by atoms with E-state index in [1.165, 1.54) is 0 Å². The van der Waals surface area contributed by atoms with Gasteiger partial charge in [0.05, 0.1) is 13.0 Å². The number of hydrogen-bond acceptors (Lipinski definition) is 3. The van der Waals surface area contributed by atoms with Crippen LogP contribution in [0.3, 0.4) is 0 Å². The van der Waals surface area contributed by atoms with Crippen LogP contribution >= 0.6 is 11.6 Å². The van der Waals surface area contributed by atoms with Crippen molar-refractivity contribution in [3.8, 4) is 0 Å². The molecular formula is C18H18ClNO3. The Bertz CT molecular complexity index is 641. The average Bonchev–Trinajstić information content (AvgIpc) is 2.56. The van der Waals surface area contributed by atoms with Gasteiger partial charge in [-0.1, -0.05) is 41.9 Å². The molecule has 0 aliphatic carbocycles. The number of halogens is 1. The van der Waals surface area contributed by atoms with Gasteiger partial charge in [0, 0.05) is 23.6 Å². The van der Waals surface area contributed by atoms with Crippen molar-refractivity contribution >= 4 is 29.2 Å². The van der Waals surface area contributed by atoms with Crippen molar-refractivity contribution in [3.05, 3.63) is 65.2 Å². The van der Waals surface area contributed by atoms with E-state index in [2.05, 4.69) is 5.32 Å². The van der Waals surface area contributed by atoms with Gasteiger partial charge < -0.3 is 10.1 Å². The SMILES string of the molecule is O=C(CCC(=O)OCCc1ccccc1)Nc1ccc(Cl)cc1. The number of ether oxygens (including phenoxy) is 1. The van der Waals surface area contributed by atoms with Crippen molar-refractivity contribution < 1.29 is 14.3 Å². The number of carbonyl (C=O) groups is 2. The Balaban J connectivity index is 1.63. The summed E-state index contributed by atoms with van der Waals surface area (Å²) in [5.41, 5.74) is 1.76. The maximum atomic E-state index is 11.7. The highest BCUT2D eigenvalue weighted by molar-refractivity contribution is 6.30. The number of benzene rings is 2. The summed E-state index contributed by atoms with van der Waals surface area (Å²) in [6.07, 6.45) is 0.824. The molecule has 120 valence electrons. The minimum atomic E-state index is -0.368. The van der Waals surface area contributed by atoms with Crippen molar-refractivity contribution in [2.75, 3.05) is 11.9 Å². The van der Waals surface area contributed by atoms with E-state index in [1.54, 1.807) is 24.3 Å². The molecule has 0 unspecified atom stereocenters. The van der Waals surface area contributed by atoms with E-state index >= 15 is 0 Å². The quantitative estimate of drug-likeness (QED) is 0.784. The molecule has 0 aliphatic rings. The minimum Gasteiger partial charge on any atom is -0.465 e. The molecule has 0 heterocycles. The van der Waals surface area contributed by atoms with Gasteiger partial charge >= 0.3 is 5.97 Å². The Morgan fingerprint density at radius 1 is 0.957 bits per heavy atom. The average molecular weight is 332 g/mol. The van der Waals surface area contributed by atoms with Crippen LogP contribution in [-0.2, 0) is 20.7 Å². The van der Waals surface area contributed by atoms with Crippen molar-refractivity contribution in [1.82, 2.24) is 0 Å². The van der Waals surface area contributed by atoms with Gasteiger partial charge in [-0.25, -0.2) is 0 Å². The summed E-state index contributed by atoms with van der Waals surface area (Å²) in [7, 11) is 0. The number of hydrogen-bond donors (Lipinski definition) is 1. The van der Waals surface area contributed by atoms with Gasteiger partial charge in [-0.15, -0.1) is 0 Å². The molecule has 2 aromatic rings. The Morgan fingerprint density at radius 3 is 2.35 bits per heavy atom. The van der Waals surface area contributed by atoms with Crippen LogP contribution in [0.5, 0.6) is 0 Å². The second-order valence-electron chi connectivity index (χ2n) is 5.01. The molecule has 4 nitrogen and oxygen atoms in total. The summed E-state index contributed by atoms with van der Waals surface area (Å²) in [6.45, 7) is 0.321. The third-order valence-electron chi connectivity index (χ3n) is 3.18. The second kappa shape index (κ2) is 8.96. The number of esters is 1. The van der Waals surface area contributed by atoms with E-state index in [4.69, 9.17) is 16.3 Å². The summed E-state index contributed by atoms with van der Waals surface area (Å²) < 4.78 is 5.13. The molecule has 0 aliphatic heterocycles. The number of amides is 1. The van der Waals surface area contributed by atoms with E-state index in [1.807, 2.05) is 30.3 Å². The van der Waals surface area contributed by atoms with Gasteiger partial charge in [0.15, 0.2) is 0 Å². The van der Waals surface area contributed by atoms with Crippen molar-refractivity contribution in [1.29, 1.82) is 0 Å². The molecule has 0 bridgehead atoms. The van der Waals surface area contributed by atoms with Crippen molar-refractivity contribution in [2.24, 2.45) is 0 Å². The fourth-order valence-corrected chi connectivity index (χ4v) is 2.10. The molecule has 0 atom stereocenters. The van der Waals surface area contributed by atoms with Crippen LogP contribution < -0.4 is 5.32 Å². The van der Waals surface area contributed by atoms with E-state index in [0.29, 0.717) is 23.7 Å². The highest BCUT2D eigenvalue weighted by Crippen LogP contribution is 2.13. The van der Waals surface area contributed by atoms with Crippen LogP contribution in [0.1, 0.15) is 18.4 Å². The van der Waals surface area contributed by atoms with Crippen molar-refractivity contribution in [2.45, 2.75) is 19.3 Å². The predicted molar refractivity (Wildman–Crippen MR) is 90.4 cm³/mol. The van der Waals surface area contributed by atoms with Gasteiger partial charge in [-0.2, -0.15) is 0 Å². The third kappa shape index (κ3) is 6.53. The highest BCUT2D eigenvalue weighted by atomic mass is 35.5. The molecule has 0 fully saturated rings. The minimum absolute atomic E-state index is 0.0637. The Hall–Kier alpha value is -2.33. The standard InChI is InChI=1S/C18H18ClNO3/c19-15-6-8-16(9-7-15)20-17(21)10-11-18(22)23-13-12-14-4-2-1-3-5-14/h1-9H,10-13H2,(H,20,21). The molecule has 1 amide bonds. The van der Waals surface area contributed by atoms with Crippen LogP contribution in [0, 0.1) is 0 Å². The molecule has 0 saturated heterocycles. The third-order valence-corrected chi connectivity index (χ3v) is 3.43. The van der Waals surface area contributed by atoms with E-state index in [0.717, 1.165) is 5.56 Å². The number of rotatable bonds is 7. The fraction of sp³-hybridized carbons (Fsp3) is 0.222. The lowest BCUT2D eigenvalue weighted by molar-refractivity contribution is -0.144. The first kappa shape index (κ1) is 17.0. The van der Waals surface area contributed by atoms with E-state index < -0.39 is 0 Å². The monoisotopic (exact) mass is 331 g/mol. The first-order chi connectivity index (χ1) is 11.1. The van der Waals surface area contributed by atoms with Gasteiger partial charge in [-0.3, -0.25) is 9.59 Å². The smallest absolute Gasteiger partial charge is 0.306 e. The van der Waals surface area contributed by atoms with E-state index in [9.17, 15) is 9.59 Å². The molecular weight excluding hydrogens is 314 g/mol. The number of anilines is 1. The summed E-state index contributed by atoms with van der Waals surface area (Å²) in [6, 6.07) is 16.6. The Labute approximate surface area is 140 Å². The Kier molecular flexibility index (Phi) is 6.63. The molecule has 2 rings (SSSR count). The fourth-order valence-electron chi connectivity index (χ4n) is 1.97. The maximum Gasteiger partial charge on any atom is 0.306 e. The maximum absolute atomic E-state index is 11.7. The zero-order valence-electron chi connectivity index (χ0n) is 12.6. The van der Waals surface area contributed by atoms with Gasteiger partial charge in [0.1, 0.15) is 0 Å². The van der Waals surface area contributed by atoms with Crippen LogP contribution in [0.25, 0.3) is 0 Å². The normalized spacial score (nSPS) is 10.1. The molecule has 2 aromatic carbocycles. The lowest BCUT2D eigenvalue weighted by Gasteiger charge is -2.06. The second-order valence-corrected chi connectivity index (χ2v) is 5.45.